The van der Waals surface area contributed by atoms with E-state index < -0.39 is 11.8 Å². The van der Waals surface area contributed by atoms with E-state index in [1.165, 1.54) is 32.2 Å². The number of aromatic nitrogens is 2. The molecule has 8 heteroatoms. The number of carbonyl (C=O) groups excluding carboxylic acids is 1. The molecule has 3 rings (SSSR count). The lowest BCUT2D eigenvalue weighted by Crippen LogP contribution is -2.03. The lowest BCUT2D eigenvalue weighted by Gasteiger charge is -2.10. The number of nitrogens with zero attached hydrogens (tertiary/aromatic N) is 2. The number of nitrogens with one attached hydrogen (secondary N) is 1. The van der Waals surface area contributed by atoms with E-state index in [9.17, 15) is 9.18 Å². The largest absolute Gasteiger partial charge is 0.493 e. The number of fused-ring (bicyclic) bond motifs is 1. The Labute approximate surface area is 147 Å². The molecule has 0 amide bonds. The number of rotatable bonds is 4. The van der Waals surface area contributed by atoms with Gasteiger partial charge in [0.25, 0.3) is 0 Å². The molecule has 3 aromatic rings. The van der Waals surface area contributed by atoms with Gasteiger partial charge in [0, 0.05) is 30.3 Å². The van der Waals surface area contributed by atoms with E-state index in [4.69, 9.17) is 21.1 Å². The number of benzene rings is 2. The molecule has 6 nitrogen and oxygen atoms in total. The number of carbonyl (C=O) groups is 1. The van der Waals surface area contributed by atoms with Crippen molar-refractivity contribution >= 4 is 40.1 Å². The molecule has 128 valence electrons. The molecule has 2 aromatic carbocycles. The fourth-order valence-electron chi connectivity index (χ4n) is 2.20. The topological polar surface area (TPSA) is 73.3 Å². The highest BCUT2D eigenvalue weighted by Gasteiger charge is 2.11. The van der Waals surface area contributed by atoms with Gasteiger partial charge in [-0.25, -0.2) is 14.4 Å². The number of esters is 1. The molecule has 1 heterocycles. The van der Waals surface area contributed by atoms with Crippen LogP contribution in [0, 0.1) is 5.82 Å². The number of anilines is 2. The Hall–Kier alpha value is -2.93. The van der Waals surface area contributed by atoms with Crippen LogP contribution in [0.1, 0.15) is 6.92 Å². The van der Waals surface area contributed by atoms with Crippen LogP contribution in [-0.4, -0.2) is 23.0 Å². The quantitative estimate of drug-likeness (QED) is 0.557. The molecule has 0 unspecified atom stereocenters. The summed E-state index contributed by atoms with van der Waals surface area (Å²) < 4.78 is 23.6. The van der Waals surface area contributed by atoms with Crippen LogP contribution >= 0.6 is 11.6 Å². The maximum Gasteiger partial charge on any atom is 0.308 e. The van der Waals surface area contributed by atoms with Crippen molar-refractivity contribution in [3.63, 3.8) is 0 Å². The first-order chi connectivity index (χ1) is 12.0. The fraction of sp³-hybridized carbons (Fsp3) is 0.118. The summed E-state index contributed by atoms with van der Waals surface area (Å²) in [5.41, 5.74) is 1.13. The second-order valence-corrected chi connectivity index (χ2v) is 5.51. The van der Waals surface area contributed by atoms with E-state index in [0.717, 1.165) is 0 Å². The zero-order valence-electron chi connectivity index (χ0n) is 13.3. The summed E-state index contributed by atoms with van der Waals surface area (Å²) in [6.07, 6.45) is 1.57. The van der Waals surface area contributed by atoms with Crippen molar-refractivity contribution in [2.75, 3.05) is 12.4 Å². The summed E-state index contributed by atoms with van der Waals surface area (Å²) in [7, 11) is 1.47. The van der Waals surface area contributed by atoms with Crippen molar-refractivity contribution in [2.24, 2.45) is 0 Å². The Morgan fingerprint density at radius 2 is 2.04 bits per heavy atom. The van der Waals surface area contributed by atoms with Gasteiger partial charge in [0.1, 0.15) is 5.82 Å². The number of ether oxygens (including phenoxy) is 2. The second-order valence-electron chi connectivity index (χ2n) is 5.10. The van der Waals surface area contributed by atoms with Crippen LogP contribution in [-0.2, 0) is 4.79 Å². The van der Waals surface area contributed by atoms with Gasteiger partial charge in [-0.15, -0.1) is 0 Å². The highest BCUT2D eigenvalue weighted by Crippen LogP contribution is 2.32. The molecule has 0 aliphatic rings. The third-order valence-electron chi connectivity index (χ3n) is 3.29. The summed E-state index contributed by atoms with van der Waals surface area (Å²) in [4.78, 5) is 19.7. The van der Waals surface area contributed by atoms with E-state index in [0.29, 0.717) is 28.3 Å². The van der Waals surface area contributed by atoms with Crippen molar-refractivity contribution in [3.05, 3.63) is 47.4 Å². The first-order valence-corrected chi connectivity index (χ1v) is 7.59. The molecular formula is C17H13ClFN3O3. The Morgan fingerprint density at radius 3 is 2.72 bits per heavy atom. The molecule has 0 saturated carbocycles. The van der Waals surface area contributed by atoms with Crippen LogP contribution < -0.4 is 14.8 Å². The second kappa shape index (κ2) is 6.90. The molecule has 0 saturated heterocycles. The summed E-state index contributed by atoms with van der Waals surface area (Å²) in [5, 5.41) is 3.61. The first-order valence-electron chi connectivity index (χ1n) is 7.21. The van der Waals surface area contributed by atoms with Crippen LogP contribution in [0.25, 0.3) is 10.9 Å². The fourth-order valence-corrected chi connectivity index (χ4v) is 2.38. The van der Waals surface area contributed by atoms with Crippen molar-refractivity contribution < 1.29 is 18.7 Å². The minimum atomic E-state index is -0.505. The van der Waals surface area contributed by atoms with Crippen LogP contribution in [0.3, 0.4) is 0 Å². The average Bonchev–Trinajstić information content (AvgIpc) is 2.57. The molecule has 0 fully saturated rings. The average molecular weight is 362 g/mol. The van der Waals surface area contributed by atoms with Crippen molar-refractivity contribution in [1.82, 2.24) is 9.97 Å². The highest BCUT2D eigenvalue weighted by atomic mass is 35.5. The standard InChI is InChI=1S/C17H13ClFN3O3/c1-9(23)25-16-5-10-8-20-17(22-14(10)7-15(16)24-2)21-11-3-4-13(19)12(18)6-11/h3-8H,1-2H3,(H,20,21,22). The van der Waals surface area contributed by atoms with Gasteiger partial charge in [-0.2, -0.15) is 0 Å². The van der Waals surface area contributed by atoms with Gasteiger partial charge in [0.15, 0.2) is 11.5 Å². The summed E-state index contributed by atoms with van der Waals surface area (Å²) in [6, 6.07) is 7.47. The lowest BCUT2D eigenvalue weighted by atomic mass is 10.2. The van der Waals surface area contributed by atoms with Crippen molar-refractivity contribution in [3.8, 4) is 11.5 Å². The Balaban J connectivity index is 1.96. The maximum absolute atomic E-state index is 13.2. The van der Waals surface area contributed by atoms with Crippen LogP contribution in [0.2, 0.25) is 5.02 Å². The molecule has 25 heavy (non-hydrogen) atoms. The van der Waals surface area contributed by atoms with E-state index in [2.05, 4.69) is 15.3 Å². The highest BCUT2D eigenvalue weighted by molar-refractivity contribution is 6.31. The van der Waals surface area contributed by atoms with Gasteiger partial charge >= 0.3 is 5.97 Å². The minimum Gasteiger partial charge on any atom is -0.493 e. The minimum absolute atomic E-state index is 0.00141. The van der Waals surface area contributed by atoms with Crippen LogP contribution in [0.4, 0.5) is 16.0 Å². The first kappa shape index (κ1) is 16.9. The lowest BCUT2D eigenvalue weighted by molar-refractivity contribution is -0.132. The normalized spacial score (nSPS) is 10.6. The third-order valence-corrected chi connectivity index (χ3v) is 3.58. The number of hydrogen-bond donors (Lipinski definition) is 1. The predicted molar refractivity (Wildman–Crippen MR) is 92.1 cm³/mol. The number of hydrogen-bond acceptors (Lipinski definition) is 6. The number of methoxy groups -OCH3 is 1. The zero-order chi connectivity index (χ0) is 18.0. The Bertz CT molecular complexity index is 965. The molecule has 0 bridgehead atoms. The van der Waals surface area contributed by atoms with Gasteiger partial charge in [-0.05, 0) is 24.3 Å². The van der Waals surface area contributed by atoms with Crippen molar-refractivity contribution in [1.29, 1.82) is 0 Å². The molecule has 0 aliphatic heterocycles. The summed E-state index contributed by atoms with van der Waals surface area (Å²) >= 11 is 5.76. The SMILES string of the molecule is COc1cc2nc(Nc3ccc(F)c(Cl)c3)ncc2cc1OC(C)=O. The maximum atomic E-state index is 13.2. The van der Waals surface area contributed by atoms with Gasteiger partial charge in [0.05, 0.1) is 17.6 Å². The molecule has 0 aliphatic carbocycles. The predicted octanol–water partition coefficient (Wildman–Crippen LogP) is 4.10. The molecule has 0 radical (unpaired) electrons. The van der Waals surface area contributed by atoms with Gasteiger partial charge < -0.3 is 14.8 Å². The summed E-state index contributed by atoms with van der Waals surface area (Å²) in [5.74, 6) is 0.00573. The Morgan fingerprint density at radius 1 is 1.24 bits per heavy atom. The molecule has 0 atom stereocenters. The van der Waals surface area contributed by atoms with Gasteiger partial charge in [-0.1, -0.05) is 11.6 Å². The van der Waals surface area contributed by atoms with Crippen molar-refractivity contribution in [2.45, 2.75) is 6.92 Å². The van der Waals surface area contributed by atoms with E-state index in [1.54, 1.807) is 18.3 Å². The molecular weight excluding hydrogens is 349 g/mol. The molecule has 1 aromatic heterocycles. The van der Waals surface area contributed by atoms with Gasteiger partial charge in [0.2, 0.25) is 5.95 Å². The van der Waals surface area contributed by atoms with E-state index in [1.807, 2.05) is 0 Å². The Kier molecular flexibility index (Phi) is 4.67. The third kappa shape index (κ3) is 3.77. The van der Waals surface area contributed by atoms with E-state index in [-0.39, 0.29) is 10.8 Å². The van der Waals surface area contributed by atoms with E-state index >= 15 is 0 Å². The smallest absolute Gasteiger partial charge is 0.308 e. The monoisotopic (exact) mass is 361 g/mol. The van der Waals surface area contributed by atoms with Crippen LogP contribution in [0.5, 0.6) is 11.5 Å². The zero-order valence-corrected chi connectivity index (χ0v) is 14.1. The molecule has 0 spiro atoms. The van der Waals surface area contributed by atoms with Gasteiger partial charge in [-0.3, -0.25) is 4.79 Å². The summed E-state index contributed by atoms with van der Waals surface area (Å²) in [6.45, 7) is 1.31. The van der Waals surface area contributed by atoms with Crippen LogP contribution in [0.15, 0.2) is 36.5 Å². The molecule has 1 N–H and O–H groups in total. The number of halogens is 2.